The van der Waals surface area contributed by atoms with Gasteiger partial charge in [-0.1, -0.05) is 30.3 Å². The lowest BCUT2D eigenvalue weighted by Gasteiger charge is -2.18. The molecule has 0 unspecified atom stereocenters. The number of nitrogens with zero attached hydrogens (tertiary/aromatic N) is 1. The van der Waals surface area contributed by atoms with E-state index in [-0.39, 0.29) is 0 Å². The third-order valence-electron chi connectivity index (χ3n) is 4.38. The maximum atomic E-state index is 6.32. The van der Waals surface area contributed by atoms with Gasteiger partial charge in [0.15, 0.2) is 0 Å². The number of benzene rings is 2. The van der Waals surface area contributed by atoms with E-state index in [0.29, 0.717) is 6.10 Å². The molecular weight excluding hydrogens is 258 g/mol. The molecule has 2 nitrogen and oxygen atoms in total. The molecule has 3 rings (SSSR count). The second-order valence-electron chi connectivity index (χ2n) is 6.35. The molecule has 1 aliphatic carbocycles. The molecule has 0 bridgehead atoms. The molecule has 2 aromatic carbocycles. The fourth-order valence-electron chi connectivity index (χ4n) is 3.22. The molecule has 1 aliphatic rings. The highest BCUT2D eigenvalue weighted by molar-refractivity contribution is 5.91. The average molecular weight is 283 g/mol. The first-order valence-corrected chi connectivity index (χ1v) is 8.06. The van der Waals surface area contributed by atoms with E-state index in [1.165, 1.54) is 42.0 Å². The Labute approximate surface area is 127 Å². The first kappa shape index (κ1) is 14.4. The summed E-state index contributed by atoms with van der Waals surface area (Å²) in [5.74, 6) is 1.08. The maximum absolute atomic E-state index is 6.32. The molecule has 1 saturated carbocycles. The van der Waals surface area contributed by atoms with Gasteiger partial charge in [-0.15, -0.1) is 0 Å². The van der Waals surface area contributed by atoms with Crippen LogP contribution in [0, 0.1) is 0 Å². The lowest BCUT2D eigenvalue weighted by Crippen LogP contribution is -2.15. The molecule has 0 radical (unpaired) electrons. The zero-order chi connectivity index (χ0) is 14.7. The second kappa shape index (κ2) is 6.48. The number of hydrogen-bond acceptors (Lipinski definition) is 2. The summed E-state index contributed by atoms with van der Waals surface area (Å²) in [5.41, 5.74) is 1.40. The van der Waals surface area contributed by atoms with Crippen molar-refractivity contribution in [3.8, 4) is 5.75 Å². The van der Waals surface area contributed by atoms with Gasteiger partial charge >= 0.3 is 0 Å². The molecule has 0 aromatic heterocycles. The molecule has 21 heavy (non-hydrogen) atoms. The Bertz CT molecular complexity index is 594. The van der Waals surface area contributed by atoms with Crippen molar-refractivity contribution in [3.05, 3.63) is 42.0 Å². The largest absolute Gasteiger partial charge is 0.490 e. The van der Waals surface area contributed by atoms with E-state index in [1.54, 1.807) is 0 Å². The molecule has 0 saturated heterocycles. The van der Waals surface area contributed by atoms with Crippen molar-refractivity contribution < 1.29 is 4.74 Å². The molecule has 2 aromatic rings. The molecule has 0 atom stereocenters. The maximum Gasteiger partial charge on any atom is 0.127 e. The topological polar surface area (TPSA) is 12.5 Å². The summed E-state index contributed by atoms with van der Waals surface area (Å²) in [6.07, 6.45) is 6.51. The SMILES string of the molecule is CN(C)CCc1cccc2cccc(OC3CCCC3)c12. The Kier molecular flexibility index (Phi) is 4.45. The average Bonchev–Trinajstić information content (AvgIpc) is 2.98. The Morgan fingerprint density at radius 1 is 1.05 bits per heavy atom. The highest BCUT2D eigenvalue weighted by Crippen LogP contribution is 2.32. The summed E-state index contributed by atoms with van der Waals surface area (Å²) in [7, 11) is 4.25. The van der Waals surface area contributed by atoms with Gasteiger partial charge in [-0.2, -0.15) is 0 Å². The fourth-order valence-corrected chi connectivity index (χ4v) is 3.22. The number of fused-ring (bicyclic) bond motifs is 1. The van der Waals surface area contributed by atoms with Crippen LogP contribution in [-0.2, 0) is 6.42 Å². The van der Waals surface area contributed by atoms with Gasteiger partial charge in [-0.3, -0.25) is 0 Å². The lowest BCUT2D eigenvalue weighted by atomic mass is 10.0. The van der Waals surface area contributed by atoms with Crippen molar-refractivity contribution >= 4 is 10.8 Å². The van der Waals surface area contributed by atoms with E-state index < -0.39 is 0 Å². The van der Waals surface area contributed by atoms with Gasteiger partial charge in [0.25, 0.3) is 0 Å². The molecule has 0 aliphatic heterocycles. The Morgan fingerprint density at radius 2 is 1.76 bits per heavy atom. The van der Waals surface area contributed by atoms with Crippen LogP contribution in [0.1, 0.15) is 31.2 Å². The normalized spacial score (nSPS) is 16.0. The van der Waals surface area contributed by atoms with E-state index in [4.69, 9.17) is 4.74 Å². The zero-order valence-electron chi connectivity index (χ0n) is 13.1. The summed E-state index contributed by atoms with van der Waals surface area (Å²) in [6.45, 7) is 1.07. The number of hydrogen-bond donors (Lipinski definition) is 0. The molecule has 0 spiro atoms. The van der Waals surface area contributed by atoms with Crippen LogP contribution in [0.2, 0.25) is 0 Å². The van der Waals surface area contributed by atoms with Crippen molar-refractivity contribution in [2.24, 2.45) is 0 Å². The smallest absolute Gasteiger partial charge is 0.127 e. The molecular formula is C19H25NO. The second-order valence-corrected chi connectivity index (χ2v) is 6.35. The standard InChI is InChI=1S/C19H25NO/c1-20(2)14-13-16-8-5-7-15-9-6-12-18(19(15)16)21-17-10-3-4-11-17/h5-9,12,17H,3-4,10-11,13-14H2,1-2H3. The van der Waals surface area contributed by atoms with Crippen LogP contribution in [0.4, 0.5) is 0 Å². The number of likely N-dealkylation sites (N-methyl/N-ethyl adjacent to an activating group) is 1. The molecule has 1 fully saturated rings. The van der Waals surface area contributed by atoms with Gasteiger partial charge in [0.2, 0.25) is 0 Å². The van der Waals surface area contributed by atoms with Gasteiger partial charge in [-0.05, 0) is 63.2 Å². The first-order valence-electron chi connectivity index (χ1n) is 8.06. The fraction of sp³-hybridized carbons (Fsp3) is 0.474. The molecule has 0 N–H and O–H groups in total. The molecule has 0 heterocycles. The van der Waals surface area contributed by atoms with Crippen LogP contribution in [-0.4, -0.2) is 31.6 Å². The van der Waals surface area contributed by atoms with Crippen LogP contribution < -0.4 is 4.74 Å². The van der Waals surface area contributed by atoms with Crippen LogP contribution in [0.3, 0.4) is 0 Å². The van der Waals surface area contributed by atoms with E-state index in [0.717, 1.165) is 18.7 Å². The number of rotatable bonds is 5. The van der Waals surface area contributed by atoms with E-state index in [1.807, 2.05) is 0 Å². The van der Waals surface area contributed by atoms with Gasteiger partial charge in [-0.25, -0.2) is 0 Å². The minimum Gasteiger partial charge on any atom is -0.490 e. The summed E-state index contributed by atoms with van der Waals surface area (Å²) in [5, 5.41) is 2.61. The lowest BCUT2D eigenvalue weighted by molar-refractivity contribution is 0.212. The molecule has 2 heteroatoms. The predicted molar refractivity (Wildman–Crippen MR) is 89.1 cm³/mol. The van der Waals surface area contributed by atoms with E-state index in [9.17, 15) is 0 Å². The van der Waals surface area contributed by atoms with E-state index in [2.05, 4.69) is 55.4 Å². The Balaban J connectivity index is 1.94. The summed E-state index contributed by atoms with van der Waals surface area (Å²) in [4.78, 5) is 2.24. The highest BCUT2D eigenvalue weighted by Gasteiger charge is 2.18. The third kappa shape index (κ3) is 3.38. The molecule has 0 amide bonds. The Morgan fingerprint density at radius 3 is 2.48 bits per heavy atom. The van der Waals surface area contributed by atoms with E-state index >= 15 is 0 Å². The predicted octanol–water partition coefficient (Wildman–Crippen LogP) is 4.27. The summed E-state index contributed by atoms with van der Waals surface area (Å²) in [6, 6.07) is 13.0. The van der Waals surface area contributed by atoms with Gasteiger partial charge in [0.1, 0.15) is 5.75 Å². The number of ether oxygens (including phenoxy) is 1. The van der Waals surface area contributed by atoms with Crippen molar-refractivity contribution in [1.29, 1.82) is 0 Å². The van der Waals surface area contributed by atoms with Crippen molar-refractivity contribution in [3.63, 3.8) is 0 Å². The van der Waals surface area contributed by atoms with Crippen molar-refractivity contribution in [2.45, 2.75) is 38.2 Å². The van der Waals surface area contributed by atoms with Crippen LogP contribution in [0.15, 0.2) is 36.4 Å². The molecule has 112 valence electrons. The Hall–Kier alpha value is -1.54. The quantitative estimate of drug-likeness (QED) is 0.812. The monoisotopic (exact) mass is 283 g/mol. The third-order valence-corrected chi connectivity index (χ3v) is 4.38. The summed E-state index contributed by atoms with van der Waals surface area (Å²) < 4.78 is 6.32. The van der Waals surface area contributed by atoms with Crippen molar-refractivity contribution in [1.82, 2.24) is 4.90 Å². The highest BCUT2D eigenvalue weighted by atomic mass is 16.5. The summed E-state index contributed by atoms with van der Waals surface area (Å²) >= 11 is 0. The first-order chi connectivity index (χ1) is 10.2. The van der Waals surface area contributed by atoms with Gasteiger partial charge in [0.05, 0.1) is 6.10 Å². The van der Waals surface area contributed by atoms with Gasteiger partial charge in [0, 0.05) is 11.9 Å². The van der Waals surface area contributed by atoms with Crippen LogP contribution >= 0.6 is 0 Å². The zero-order valence-corrected chi connectivity index (χ0v) is 13.1. The van der Waals surface area contributed by atoms with Crippen molar-refractivity contribution in [2.75, 3.05) is 20.6 Å². The minimum atomic E-state index is 0.414. The minimum absolute atomic E-state index is 0.414. The van der Waals surface area contributed by atoms with Crippen LogP contribution in [0.5, 0.6) is 5.75 Å². The van der Waals surface area contributed by atoms with Gasteiger partial charge < -0.3 is 9.64 Å². The van der Waals surface area contributed by atoms with Crippen LogP contribution in [0.25, 0.3) is 10.8 Å².